The van der Waals surface area contributed by atoms with Crippen LogP contribution in [0.2, 0.25) is 0 Å². The molecule has 0 radical (unpaired) electrons. The van der Waals surface area contributed by atoms with Gasteiger partial charge in [0.25, 0.3) is 0 Å². The molecule has 100 valence electrons. The van der Waals surface area contributed by atoms with Crippen molar-refractivity contribution in [2.24, 2.45) is 5.73 Å². The van der Waals surface area contributed by atoms with Gasteiger partial charge in [-0.3, -0.25) is 4.40 Å². The molecule has 0 aliphatic heterocycles. The maximum atomic E-state index is 6.11. The average Bonchev–Trinajstić information content (AvgIpc) is 2.92. The van der Waals surface area contributed by atoms with Gasteiger partial charge in [-0.05, 0) is 12.8 Å². The molecule has 0 aliphatic rings. The number of fused-ring (bicyclic) bond motifs is 1. The lowest BCUT2D eigenvalue weighted by molar-refractivity contribution is 0.627. The smallest absolute Gasteiger partial charge is 0.194 e. The quantitative estimate of drug-likeness (QED) is 0.824. The van der Waals surface area contributed by atoms with Gasteiger partial charge in [0.05, 0.1) is 5.69 Å². The number of thiazole rings is 1. The van der Waals surface area contributed by atoms with E-state index in [1.54, 1.807) is 11.3 Å². The normalized spacial score (nSPS) is 15.1. The summed E-state index contributed by atoms with van der Waals surface area (Å²) in [6.07, 6.45) is 5.18. The number of imidazole rings is 1. The van der Waals surface area contributed by atoms with E-state index >= 15 is 0 Å². The Morgan fingerprint density at radius 1 is 1.44 bits per heavy atom. The molecule has 2 heterocycles. The van der Waals surface area contributed by atoms with Crippen LogP contribution in [0, 0.1) is 0 Å². The molecule has 0 amide bonds. The molecule has 3 nitrogen and oxygen atoms in total. The van der Waals surface area contributed by atoms with Gasteiger partial charge in [0, 0.05) is 29.3 Å². The molecule has 2 aromatic rings. The van der Waals surface area contributed by atoms with Crippen molar-refractivity contribution in [2.45, 2.75) is 56.4 Å². The standard InChI is InChI=1S/C13H21N3S2/c1-4-9(3)18-12-11(8-10(14)5-2)16-6-7-17-13(16)15-12/h6-7,9-10H,4-5,8,14H2,1-3H3. The minimum atomic E-state index is 0.223. The molecule has 0 fully saturated rings. The average molecular weight is 283 g/mol. The molecule has 0 bridgehead atoms. The van der Waals surface area contributed by atoms with Crippen LogP contribution in [0.15, 0.2) is 16.6 Å². The van der Waals surface area contributed by atoms with Crippen LogP contribution in [0.1, 0.15) is 39.3 Å². The lowest BCUT2D eigenvalue weighted by Crippen LogP contribution is -2.22. The van der Waals surface area contributed by atoms with Crippen LogP contribution in [0.3, 0.4) is 0 Å². The summed E-state index contributed by atoms with van der Waals surface area (Å²) in [6.45, 7) is 6.60. The molecule has 2 atom stereocenters. The van der Waals surface area contributed by atoms with Gasteiger partial charge in [-0.2, -0.15) is 0 Å². The third kappa shape index (κ3) is 2.90. The maximum Gasteiger partial charge on any atom is 0.194 e. The zero-order chi connectivity index (χ0) is 13.1. The first-order valence-corrected chi connectivity index (χ1v) is 8.28. The van der Waals surface area contributed by atoms with Crippen LogP contribution in [-0.4, -0.2) is 20.7 Å². The van der Waals surface area contributed by atoms with Gasteiger partial charge in [0.2, 0.25) is 0 Å². The summed E-state index contributed by atoms with van der Waals surface area (Å²) in [6, 6.07) is 0.223. The van der Waals surface area contributed by atoms with E-state index in [9.17, 15) is 0 Å². The second kappa shape index (κ2) is 6.08. The van der Waals surface area contributed by atoms with Crippen LogP contribution in [0.5, 0.6) is 0 Å². The fourth-order valence-electron chi connectivity index (χ4n) is 1.76. The van der Waals surface area contributed by atoms with Gasteiger partial charge in [-0.1, -0.05) is 20.8 Å². The molecule has 2 N–H and O–H groups in total. The minimum absolute atomic E-state index is 0.223. The van der Waals surface area contributed by atoms with Crippen molar-refractivity contribution in [3.8, 4) is 0 Å². The van der Waals surface area contributed by atoms with Crippen molar-refractivity contribution in [1.82, 2.24) is 9.38 Å². The molecule has 5 heteroatoms. The second-order valence-corrected chi connectivity index (χ2v) is 6.93. The van der Waals surface area contributed by atoms with E-state index in [1.165, 1.54) is 10.7 Å². The summed E-state index contributed by atoms with van der Waals surface area (Å²) < 4.78 is 2.20. The predicted molar refractivity (Wildman–Crippen MR) is 80.6 cm³/mol. The Kier molecular flexibility index (Phi) is 4.70. The molecule has 2 unspecified atom stereocenters. The Morgan fingerprint density at radius 3 is 2.89 bits per heavy atom. The highest BCUT2D eigenvalue weighted by Crippen LogP contribution is 2.30. The Morgan fingerprint density at radius 2 is 2.22 bits per heavy atom. The number of nitrogens with zero attached hydrogens (tertiary/aromatic N) is 2. The molecule has 0 saturated heterocycles. The van der Waals surface area contributed by atoms with Crippen LogP contribution in [0.4, 0.5) is 0 Å². The first-order valence-electron chi connectivity index (χ1n) is 6.52. The van der Waals surface area contributed by atoms with Crippen molar-refractivity contribution >= 4 is 28.1 Å². The molecule has 0 spiro atoms. The fraction of sp³-hybridized carbons (Fsp3) is 0.615. The summed E-state index contributed by atoms with van der Waals surface area (Å²) in [7, 11) is 0. The van der Waals surface area contributed by atoms with Gasteiger partial charge in [0.15, 0.2) is 4.96 Å². The Bertz CT molecular complexity index is 503. The van der Waals surface area contributed by atoms with Gasteiger partial charge < -0.3 is 5.73 Å². The van der Waals surface area contributed by atoms with Crippen molar-refractivity contribution in [3.63, 3.8) is 0 Å². The lowest BCUT2D eigenvalue weighted by Gasteiger charge is -2.11. The molecule has 2 aromatic heterocycles. The molecular formula is C13H21N3S2. The number of aromatic nitrogens is 2. The molecule has 0 saturated carbocycles. The summed E-state index contributed by atoms with van der Waals surface area (Å²) in [5.74, 6) is 0. The number of hydrogen-bond donors (Lipinski definition) is 1. The lowest BCUT2D eigenvalue weighted by atomic mass is 10.1. The van der Waals surface area contributed by atoms with Crippen LogP contribution >= 0.6 is 23.1 Å². The molecule has 2 rings (SSSR count). The van der Waals surface area contributed by atoms with Gasteiger partial charge in [-0.15, -0.1) is 23.1 Å². The largest absolute Gasteiger partial charge is 0.327 e. The van der Waals surface area contributed by atoms with Crippen LogP contribution in [-0.2, 0) is 6.42 Å². The van der Waals surface area contributed by atoms with Crippen molar-refractivity contribution in [2.75, 3.05) is 0 Å². The molecular weight excluding hydrogens is 262 g/mol. The van der Waals surface area contributed by atoms with E-state index in [4.69, 9.17) is 10.7 Å². The highest BCUT2D eigenvalue weighted by atomic mass is 32.2. The summed E-state index contributed by atoms with van der Waals surface area (Å²) in [5.41, 5.74) is 7.39. The third-order valence-electron chi connectivity index (χ3n) is 3.19. The first kappa shape index (κ1) is 13.9. The molecule has 18 heavy (non-hydrogen) atoms. The zero-order valence-electron chi connectivity index (χ0n) is 11.2. The Balaban J connectivity index is 2.32. The second-order valence-electron chi connectivity index (χ2n) is 4.63. The summed E-state index contributed by atoms with van der Waals surface area (Å²) in [5, 5.41) is 3.85. The first-order chi connectivity index (χ1) is 8.65. The van der Waals surface area contributed by atoms with Crippen molar-refractivity contribution in [1.29, 1.82) is 0 Å². The highest BCUT2D eigenvalue weighted by Gasteiger charge is 2.17. The van der Waals surface area contributed by atoms with Gasteiger partial charge >= 0.3 is 0 Å². The number of nitrogens with two attached hydrogens (primary N) is 1. The molecule has 0 aliphatic carbocycles. The predicted octanol–water partition coefficient (Wildman–Crippen LogP) is 3.57. The van der Waals surface area contributed by atoms with E-state index < -0.39 is 0 Å². The van der Waals surface area contributed by atoms with E-state index in [-0.39, 0.29) is 6.04 Å². The topological polar surface area (TPSA) is 43.3 Å². The monoisotopic (exact) mass is 283 g/mol. The van der Waals surface area contributed by atoms with Crippen LogP contribution in [0.25, 0.3) is 4.96 Å². The third-order valence-corrected chi connectivity index (χ3v) is 5.23. The van der Waals surface area contributed by atoms with Gasteiger partial charge in [-0.25, -0.2) is 4.98 Å². The van der Waals surface area contributed by atoms with E-state index in [0.717, 1.165) is 24.2 Å². The fourth-order valence-corrected chi connectivity index (χ4v) is 3.55. The van der Waals surface area contributed by atoms with Crippen molar-refractivity contribution < 1.29 is 0 Å². The van der Waals surface area contributed by atoms with E-state index in [1.807, 2.05) is 11.8 Å². The summed E-state index contributed by atoms with van der Waals surface area (Å²) in [4.78, 5) is 5.82. The minimum Gasteiger partial charge on any atom is -0.327 e. The number of rotatable bonds is 6. The maximum absolute atomic E-state index is 6.11. The molecule has 0 aromatic carbocycles. The van der Waals surface area contributed by atoms with E-state index in [0.29, 0.717) is 5.25 Å². The Hall–Kier alpha value is -0.520. The number of hydrogen-bond acceptors (Lipinski definition) is 4. The van der Waals surface area contributed by atoms with Crippen molar-refractivity contribution in [3.05, 3.63) is 17.3 Å². The number of thioether (sulfide) groups is 1. The summed E-state index contributed by atoms with van der Waals surface area (Å²) >= 11 is 3.56. The highest BCUT2D eigenvalue weighted by molar-refractivity contribution is 7.99. The Labute approximate surface area is 117 Å². The zero-order valence-corrected chi connectivity index (χ0v) is 12.9. The van der Waals surface area contributed by atoms with E-state index in [2.05, 4.69) is 36.7 Å². The van der Waals surface area contributed by atoms with Crippen LogP contribution < -0.4 is 5.73 Å². The SMILES string of the molecule is CCC(N)Cc1c(SC(C)CC)nc2sccn12. The van der Waals surface area contributed by atoms with Gasteiger partial charge in [0.1, 0.15) is 5.03 Å².